The predicted molar refractivity (Wildman–Crippen MR) is 125 cm³/mol. The molecule has 2 aromatic carbocycles. The second-order valence-electron chi connectivity index (χ2n) is 8.93. The third-order valence-electron chi connectivity index (χ3n) is 5.66. The van der Waals surface area contributed by atoms with Crippen molar-refractivity contribution in [2.24, 2.45) is 10.9 Å². The van der Waals surface area contributed by atoms with Crippen LogP contribution in [-0.4, -0.2) is 30.1 Å². The Morgan fingerprint density at radius 1 is 1.16 bits per heavy atom. The van der Waals surface area contributed by atoms with E-state index in [0.717, 1.165) is 36.3 Å². The molecule has 1 atom stereocenters. The minimum Gasteiger partial charge on any atom is -0.497 e. The highest BCUT2D eigenvalue weighted by Crippen LogP contribution is 2.31. The van der Waals surface area contributed by atoms with Crippen LogP contribution in [0.5, 0.6) is 5.75 Å². The number of methoxy groups -OCH3 is 1. The largest absolute Gasteiger partial charge is 0.497 e. The van der Waals surface area contributed by atoms with Gasteiger partial charge in [0.25, 0.3) is 0 Å². The molecule has 0 aliphatic carbocycles. The summed E-state index contributed by atoms with van der Waals surface area (Å²) in [7, 11) is 1.64. The maximum Gasteiger partial charge on any atom is 0.227 e. The molecule has 0 saturated carbocycles. The number of amides is 1. The molecule has 5 heteroatoms. The summed E-state index contributed by atoms with van der Waals surface area (Å²) in [4.78, 5) is 30.1. The number of aliphatic imine (C=N–C) groups is 1. The van der Waals surface area contributed by atoms with Crippen LogP contribution in [0, 0.1) is 5.92 Å². The highest BCUT2D eigenvalue weighted by atomic mass is 16.5. The zero-order valence-corrected chi connectivity index (χ0v) is 19.1. The highest BCUT2D eigenvalue weighted by Gasteiger charge is 2.28. The zero-order chi connectivity index (χ0) is 22.6. The minimum absolute atomic E-state index is 0.00227. The van der Waals surface area contributed by atoms with Crippen LogP contribution in [0.3, 0.4) is 0 Å². The number of nitrogens with one attached hydrogen (secondary N) is 1. The average molecular weight is 421 g/mol. The highest BCUT2D eigenvalue weighted by molar-refractivity contribution is 6.17. The molecule has 31 heavy (non-hydrogen) atoms. The standard InChI is InChI=1S/C26H32N2O3/c1-6-7-17(2)25(30)27-20-11-8-18(9-12-20)24(29)15-23-22-14-21(31-5)13-10-19(22)16-26(3,4)28-23/h8-14,17H,6-7,15-16H2,1-5H3,(H,27,30). The van der Waals surface area contributed by atoms with Gasteiger partial charge in [-0.2, -0.15) is 0 Å². The lowest BCUT2D eigenvalue weighted by Crippen LogP contribution is -2.30. The molecule has 3 rings (SSSR count). The average Bonchev–Trinajstić information content (AvgIpc) is 2.73. The summed E-state index contributed by atoms with van der Waals surface area (Å²) in [6.45, 7) is 8.16. The number of hydrogen-bond acceptors (Lipinski definition) is 4. The van der Waals surface area contributed by atoms with Crippen molar-refractivity contribution in [2.45, 2.75) is 58.9 Å². The lowest BCUT2D eigenvalue weighted by molar-refractivity contribution is -0.119. The van der Waals surface area contributed by atoms with Gasteiger partial charge in [0, 0.05) is 22.7 Å². The van der Waals surface area contributed by atoms with E-state index >= 15 is 0 Å². The summed E-state index contributed by atoms with van der Waals surface area (Å²) >= 11 is 0. The molecule has 0 aromatic heterocycles. The number of benzene rings is 2. The Labute approximate surface area is 184 Å². The molecule has 1 amide bonds. The molecule has 0 saturated heterocycles. The van der Waals surface area contributed by atoms with Crippen LogP contribution in [0.1, 0.15) is 68.4 Å². The molecular formula is C26H32N2O3. The normalized spacial score (nSPS) is 15.5. The first-order valence-electron chi connectivity index (χ1n) is 10.9. The molecule has 0 spiro atoms. The molecule has 1 heterocycles. The van der Waals surface area contributed by atoms with E-state index < -0.39 is 0 Å². The van der Waals surface area contributed by atoms with E-state index in [4.69, 9.17) is 9.73 Å². The van der Waals surface area contributed by atoms with E-state index in [1.807, 2.05) is 19.1 Å². The van der Waals surface area contributed by atoms with Crippen LogP contribution >= 0.6 is 0 Å². The van der Waals surface area contributed by atoms with E-state index in [2.05, 4.69) is 32.2 Å². The number of fused-ring (bicyclic) bond motifs is 1. The van der Waals surface area contributed by atoms with Gasteiger partial charge >= 0.3 is 0 Å². The topological polar surface area (TPSA) is 67.8 Å². The second-order valence-corrected chi connectivity index (χ2v) is 8.93. The Kier molecular flexibility index (Phi) is 6.94. The van der Waals surface area contributed by atoms with Crippen LogP contribution < -0.4 is 10.1 Å². The van der Waals surface area contributed by atoms with Crippen LogP contribution in [0.25, 0.3) is 0 Å². The summed E-state index contributed by atoms with van der Waals surface area (Å²) in [6, 6.07) is 13.1. The SMILES string of the molecule is CCCC(C)C(=O)Nc1ccc(C(=O)CC2=NC(C)(C)Cc3ccc(OC)cc32)cc1. The van der Waals surface area contributed by atoms with Crippen LogP contribution in [0.4, 0.5) is 5.69 Å². The van der Waals surface area contributed by atoms with Crippen LogP contribution in [0.2, 0.25) is 0 Å². The van der Waals surface area contributed by atoms with Crippen molar-refractivity contribution in [3.8, 4) is 5.75 Å². The monoisotopic (exact) mass is 420 g/mol. The third-order valence-corrected chi connectivity index (χ3v) is 5.66. The van der Waals surface area contributed by atoms with Crippen molar-refractivity contribution in [3.05, 3.63) is 59.2 Å². The van der Waals surface area contributed by atoms with Gasteiger partial charge in [0.2, 0.25) is 5.91 Å². The second kappa shape index (κ2) is 9.46. The van der Waals surface area contributed by atoms with Crippen LogP contribution in [0.15, 0.2) is 47.5 Å². The molecule has 1 aliphatic heterocycles. The van der Waals surface area contributed by atoms with Gasteiger partial charge in [0.05, 0.1) is 24.8 Å². The fraction of sp³-hybridized carbons (Fsp3) is 0.423. The summed E-state index contributed by atoms with van der Waals surface area (Å²) in [5.41, 5.74) is 4.02. The van der Waals surface area contributed by atoms with E-state index in [1.165, 1.54) is 5.56 Å². The van der Waals surface area contributed by atoms with E-state index in [1.54, 1.807) is 31.4 Å². The number of carbonyl (C=O) groups is 2. The number of nitrogens with zero attached hydrogens (tertiary/aromatic N) is 1. The smallest absolute Gasteiger partial charge is 0.227 e. The molecule has 1 N–H and O–H groups in total. The number of rotatable bonds is 8. The first kappa shape index (κ1) is 22.7. The van der Waals surface area contributed by atoms with Gasteiger partial charge in [-0.25, -0.2) is 0 Å². The Morgan fingerprint density at radius 2 is 1.87 bits per heavy atom. The minimum atomic E-state index is -0.249. The molecule has 0 radical (unpaired) electrons. The number of ether oxygens (including phenoxy) is 1. The summed E-state index contributed by atoms with van der Waals surface area (Å²) in [5, 5.41) is 2.92. The van der Waals surface area contributed by atoms with Gasteiger partial charge in [-0.05, 0) is 68.7 Å². The number of hydrogen-bond donors (Lipinski definition) is 1. The van der Waals surface area contributed by atoms with Gasteiger partial charge in [0.1, 0.15) is 5.75 Å². The fourth-order valence-corrected chi connectivity index (χ4v) is 3.99. The Bertz CT molecular complexity index is 990. The summed E-state index contributed by atoms with van der Waals surface area (Å²) in [6.07, 6.45) is 2.88. The van der Waals surface area contributed by atoms with E-state index in [0.29, 0.717) is 11.3 Å². The van der Waals surface area contributed by atoms with Gasteiger partial charge in [-0.1, -0.05) is 26.3 Å². The number of Topliss-reactive ketones (excluding diaryl/α,β-unsaturated/α-hetero) is 1. The van der Waals surface area contributed by atoms with Gasteiger partial charge in [-0.3, -0.25) is 14.6 Å². The van der Waals surface area contributed by atoms with Crippen molar-refractivity contribution < 1.29 is 14.3 Å². The molecule has 0 bridgehead atoms. The van der Waals surface area contributed by atoms with E-state index in [9.17, 15) is 9.59 Å². The lowest BCUT2D eigenvalue weighted by Gasteiger charge is -2.29. The number of anilines is 1. The zero-order valence-electron chi connectivity index (χ0n) is 19.1. The Balaban J connectivity index is 1.75. The van der Waals surface area contributed by atoms with Crippen LogP contribution in [-0.2, 0) is 11.2 Å². The van der Waals surface area contributed by atoms with Gasteiger partial charge in [0.15, 0.2) is 5.78 Å². The first-order chi connectivity index (χ1) is 14.7. The molecule has 0 fully saturated rings. The number of carbonyl (C=O) groups excluding carboxylic acids is 2. The molecule has 2 aromatic rings. The van der Waals surface area contributed by atoms with Crippen molar-refractivity contribution in [1.82, 2.24) is 0 Å². The predicted octanol–water partition coefficient (Wildman–Crippen LogP) is 5.47. The van der Waals surface area contributed by atoms with Gasteiger partial charge in [-0.15, -0.1) is 0 Å². The quantitative estimate of drug-likeness (QED) is 0.576. The van der Waals surface area contributed by atoms with E-state index in [-0.39, 0.29) is 29.6 Å². The first-order valence-corrected chi connectivity index (χ1v) is 10.9. The Morgan fingerprint density at radius 3 is 2.52 bits per heavy atom. The molecule has 5 nitrogen and oxygen atoms in total. The lowest BCUT2D eigenvalue weighted by atomic mass is 9.85. The van der Waals surface area contributed by atoms with Crippen molar-refractivity contribution in [3.63, 3.8) is 0 Å². The van der Waals surface area contributed by atoms with Crippen molar-refractivity contribution in [2.75, 3.05) is 12.4 Å². The molecular weight excluding hydrogens is 388 g/mol. The summed E-state index contributed by atoms with van der Waals surface area (Å²) in [5.74, 6) is 0.736. The van der Waals surface area contributed by atoms with Gasteiger partial charge < -0.3 is 10.1 Å². The van der Waals surface area contributed by atoms with Crippen molar-refractivity contribution in [1.29, 1.82) is 0 Å². The number of ketones is 1. The maximum atomic E-state index is 13.0. The summed E-state index contributed by atoms with van der Waals surface area (Å²) < 4.78 is 5.37. The molecule has 164 valence electrons. The molecule has 1 aliphatic rings. The maximum absolute atomic E-state index is 13.0. The third kappa shape index (κ3) is 5.60. The molecule has 1 unspecified atom stereocenters. The van der Waals surface area contributed by atoms with Crippen molar-refractivity contribution >= 4 is 23.1 Å². The fourth-order valence-electron chi connectivity index (χ4n) is 3.99. The Hall–Kier alpha value is -2.95.